The first-order valence-corrected chi connectivity index (χ1v) is 11.3. The van der Waals surface area contributed by atoms with Crippen molar-refractivity contribution in [1.29, 1.82) is 0 Å². The molecule has 0 saturated carbocycles. The van der Waals surface area contributed by atoms with Crippen LogP contribution in [0.1, 0.15) is 16.7 Å². The highest BCUT2D eigenvalue weighted by Gasteiger charge is 2.41. The van der Waals surface area contributed by atoms with Crippen molar-refractivity contribution >= 4 is 49.7 Å². The lowest BCUT2D eigenvalue weighted by Gasteiger charge is -2.36. The molecule has 2 aromatic heterocycles. The molecule has 0 saturated heterocycles. The second kappa shape index (κ2) is 7.92. The van der Waals surface area contributed by atoms with Crippen molar-refractivity contribution in [2.45, 2.75) is 5.54 Å². The third-order valence-corrected chi connectivity index (χ3v) is 6.31. The SMILES string of the molecule is Brc1cnc2c(n1)c(I)nn2C(c1ccccc1)(c1ccccc1)c1ccccc1. The van der Waals surface area contributed by atoms with Crippen LogP contribution in [0.2, 0.25) is 0 Å². The molecule has 0 bridgehead atoms. The van der Waals surface area contributed by atoms with Gasteiger partial charge >= 0.3 is 0 Å². The van der Waals surface area contributed by atoms with Crippen molar-refractivity contribution < 1.29 is 0 Å². The summed E-state index contributed by atoms with van der Waals surface area (Å²) in [5.41, 5.74) is 4.12. The summed E-state index contributed by atoms with van der Waals surface area (Å²) in [6.07, 6.45) is 1.72. The van der Waals surface area contributed by atoms with E-state index in [1.807, 2.05) is 22.9 Å². The summed E-state index contributed by atoms with van der Waals surface area (Å²) >= 11 is 5.69. The van der Waals surface area contributed by atoms with Gasteiger partial charge in [0.25, 0.3) is 0 Å². The van der Waals surface area contributed by atoms with Gasteiger partial charge in [-0.25, -0.2) is 14.6 Å². The van der Waals surface area contributed by atoms with Gasteiger partial charge in [-0.15, -0.1) is 0 Å². The Hall–Kier alpha value is -2.58. The van der Waals surface area contributed by atoms with Crippen LogP contribution in [-0.2, 0) is 5.54 Å². The maximum Gasteiger partial charge on any atom is 0.179 e. The van der Waals surface area contributed by atoms with Crippen LogP contribution >= 0.6 is 38.5 Å². The van der Waals surface area contributed by atoms with Crippen LogP contribution in [0.3, 0.4) is 0 Å². The Kier molecular flexibility index (Phi) is 5.12. The molecule has 0 atom stereocenters. The molecule has 30 heavy (non-hydrogen) atoms. The van der Waals surface area contributed by atoms with E-state index in [1.165, 1.54) is 0 Å². The maximum atomic E-state index is 4.99. The maximum absolute atomic E-state index is 4.99. The standard InChI is InChI=1S/C24H16BrIN4/c25-20-16-27-23-21(28-20)22(26)29-30(23)24(17-10-4-1-5-11-17,18-12-6-2-7-13-18)19-14-8-3-9-15-19/h1-16H. The summed E-state index contributed by atoms with van der Waals surface area (Å²) in [7, 11) is 0. The Morgan fingerprint density at radius 1 is 0.733 bits per heavy atom. The molecule has 0 aliphatic carbocycles. The fourth-order valence-corrected chi connectivity index (χ4v) is 4.83. The highest BCUT2D eigenvalue weighted by atomic mass is 127. The van der Waals surface area contributed by atoms with Gasteiger partial charge in [0.15, 0.2) is 9.35 Å². The van der Waals surface area contributed by atoms with E-state index in [0.717, 1.165) is 31.6 Å². The van der Waals surface area contributed by atoms with Crippen molar-refractivity contribution in [2.75, 3.05) is 0 Å². The fourth-order valence-electron chi connectivity index (χ4n) is 3.98. The number of nitrogens with zero attached hydrogens (tertiary/aromatic N) is 4. The summed E-state index contributed by atoms with van der Waals surface area (Å²) in [6, 6.07) is 31.4. The number of hydrogen-bond acceptors (Lipinski definition) is 3. The predicted octanol–water partition coefficient (Wildman–Crippen LogP) is 6.03. The minimum atomic E-state index is -0.700. The lowest BCUT2D eigenvalue weighted by atomic mass is 9.77. The average Bonchev–Trinajstić information content (AvgIpc) is 3.12. The molecule has 3 aromatic carbocycles. The molecule has 0 aliphatic heterocycles. The number of aromatic nitrogens is 4. The Bertz CT molecular complexity index is 1210. The van der Waals surface area contributed by atoms with Crippen LogP contribution in [0.5, 0.6) is 0 Å². The van der Waals surface area contributed by atoms with Gasteiger partial charge < -0.3 is 0 Å². The molecule has 0 spiro atoms. The zero-order valence-corrected chi connectivity index (χ0v) is 19.5. The fraction of sp³-hybridized carbons (Fsp3) is 0.0417. The van der Waals surface area contributed by atoms with Crippen LogP contribution in [0.4, 0.5) is 0 Å². The molecule has 146 valence electrons. The number of fused-ring (bicyclic) bond motifs is 1. The third-order valence-electron chi connectivity index (χ3n) is 5.20. The Balaban J connectivity index is 1.98. The van der Waals surface area contributed by atoms with E-state index in [9.17, 15) is 0 Å². The summed E-state index contributed by atoms with van der Waals surface area (Å²) in [4.78, 5) is 9.38. The van der Waals surface area contributed by atoms with Crippen molar-refractivity contribution in [2.24, 2.45) is 0 Å². The zero-order chi connectivity index (χ0) is 20.6. The molecule has 0 aliphatic rings. The molecular weight excluding hydrogens is 551 g/mol. The van der Waals surface area contributed by atoms with Crippen molar-refractivity contribution in [3.05, 3.63) is 122 Å². The number of benzene rings is 3. The van der Waals surface area contributed by atoms with Crippen LogP contribution < -0.4 is 0 Å². The van der Waals surface area contributed by atoms with Gasteiger partial charge in [0.1, 0.15) is 15.7 Å². The van der Waals surface area contributed by atoms with Crippen LogP contribution in [0, 0.1) is 3.70 Å². The average molecular weight is 567 g/mol. The zero-order valence-electron chi connectivity index (χ0n) is 15.8. The monoisotopic (exact) mass is 566 g/mol. The van der Waals surface area contributed by atoms with E-state index >= 15 is 0 Å². The highest BCUT2D eigenvalue weighted by molar-refractivity contribution is 14.1. The van der Waals surface area contributed by atoms with Gasteiger partial charge in [-0.2, -0.15) is 5.10 Å². The van der Waals surface area contributed by atoms with Crippen LogP contribution in [0.25, 0.3) is 11.2 Å². The predicted molar refractivity (Wildman–Crippen MR) is 130 cm³/mol. The van der Waals surface area contributed by atoms with Crippen molar-refractivity contribution in [3.63, 3.8) is 0 Å². The highest BCUT2D eigenvalue weighted by Crippen LogP contribution is 2.42. The lowest BCUT2D eigenvalue weighted by molar-refractivity contribution is 0.470. The van der Waals surface area contributed by atoms with E-state index < -0.39 is 5.54 Å². The lowest BCUT2D eigenvalue weighted by Crippen LogP contribution is -2.38. The molecule has 2 heterocycles. The quantitative estimate of drug-likeness (QED) is 0.197. The van der Waals surface area contributed by atoms with E-state index in [1.54, 1.807) is 6.20 Å². The van der Waals surface area contributed by atoms with Gasteiger partial charge in [-0.3, -0.25) is 0 Å². The van der Waals surface area contributed by atoms with Crippen LogP contribution in [-0.4, -0.2) is 19.7 Å². The summed E-state index contributed by atoms with van der Waals surface area (Å²) in [5, 5.41) is 4.99. The van der Waals surface area contributed by atoms with Gasteiger partial charge in [0, 0.05) is 0 Å². The number of halogens is 2. The van der Waals surface area contributed by atoms with Gasteiger partial charge in [0.2, 0.25) is 0 Å². The van der Waals surface area contributed by atoms with Crippen molar-refractivity contribution in [3.8, 4) is 0 Å². The molecule has 0 fully saturated rings. The summed E-state index contributed by atoms with van der Waals surface area (Å²) < 4.78 is 3.52. The Labute approximate surface area is 196 Å². The van der Waals surface area contributed by atoms with Gasteiger partial charge in [-0.05, 0) is 55.2 Å². The van der Waals surface area contributed by atoms with Gasteiger partial charge in [-0.1, -0.05) is 91.0 Å². The van der Waals surface area contributed by atoms with E-state index in [2.05, 4.69) is 116 Å². The first-order valence-electron chi connectivity index (χ1n) is 9.45. The summed E-state index contributed by atoms with van der Waals surface area (Å²) in [6.45, 7) is 0. The first kappa shape index (κ1) is 19.4. The Morgan fingerprint density at radius 2 is 1.20 bits per heavy atom. The molecule has 0 unspecified atom stereocenters. The van der Waals surface area contributed by atoms with Crippen molar-refractivity contribution in [1.82, 2.24) is 19.7 Å². The van der Waals surface area contributed by atoms with Crippen LogP contribution in [0.15, 0.2) is 102 Å². The smallest absolute Gasteiger partial charge is 0.179 e. The molecule has 5 aromatic rings. The molecule has 6 heteroatoms. The molecule has 5 rings (SSSR count). The largest absolute Gasteiger partial charge is 0.233 e. The van der Waals surface area contributed by atoms with Gasteiger partial charge in [0.05, 0.1) is 6.20 Å². The molecular formula is C24H16BrIN4. The van der Waals surface area contributed by atoms with E-state index in [-0.39, 0.29) is 0 Å². The van der Waals surface area contributed by atoms with E-state index in [0.29, 0.717) is 4.60 Å². The molecule has 0 N–H and O–H groups in total. The molecule has 0 radical (unpaired) electrons. The summed E-state index contributed by atoms with van der Waals surface area (Å²) in [5.74, 6) is 0. The number of rotatable bonds is 4. The normalized spacial score (nSPS) is 11.7. The minimum Gasteiger partial charge on any atom is -0.233 e. The molecule has 0 amide bonds. The second-order valence-corrected chi connectivity index (χ2v) is 8.71. The second-order valence-electron chi connectivity index (χ2n) is 6.88. The minimum absolute atomic E-state index is 0.692. The number of hydrogen-bond donors (Lipinski definition) is 0. The third kappa shape index (κ3) is 3.06. The first-order chi connectivity index (χ1) is 14.7. The molecule has 4 nitrogen and oxygen atoms in total. The van der Waals surface area contributed by atoms with E-state index in [4.69, 9.17) is 10.1 Å². The Morgan fingerprint density at radius 3 is 1.67 bits per heavy atom. The topological polar surface area (TPSA) is 43.6 Å².